The van der Waals surface area contributed by atoms with Gasteiger partial charge < -0.3 is 5.32 Å². The van der Waals surface area contributed by atoms with Gasteiger partial charge in [0.1, 0.15) is 0 Å². The van der Waals surface area contributed by atoms with Crippen LogP contribution in [0.5, 0.6) is 0 Å². The second kappa shape index (κ2) is 5.89. The first-order valence-corrected chi connectivity index (χ1v) is 4.74. The molecule has 0 aromatic heterocycles. The summed E-state index contributed by atoms with van der Waals surface area (Å²) in [5.74, 6) is 0. The molecule has 0 atom stereocenters. The lowest BCUT2D eigenvalue weighted by Crippen LogP contribution is -2.05. The highest BCUT2D eigenvalue weighted by Gasteiger charge is 2.14. The summed E-state index contributed by atoms with van der Waals surface area (Å²) in [5.41, 5.74) is 5.95. The minimum Gasteiger partial charge on any atom is -0.384 e. The predicted octanol–water partition coefficient (Wildman–Crippen LogP) is 1.37. The monoisotopic (exact) mass is 205 g/mol. The molecule has 80 valence electrons. The molecule has 0 aromatic carbocycles. The van der Waals surface area contributed by atoms with Gasteiger partial charge in [-0.25, -0.2) is 0 Å². The number of hydrogen-bond acceptors (Lipinski definition) is 4. The smallest absolute Gasteiger partial charge is 0.0670 e. The molecule has 0 spiro atoms. The third kappa shape index (κ3) is 3.15. The van der Waals surface area contributed by atoms with E-state index in [1.165, 1.54) is 0 Å². The molecule has 2 N–H and O–H groups in total. The molecule has 1 heterocycles. The van der Waals surface area contributed by atoms with Crippen molar-refractivity contribution in [3.8, 4) is 6.07 Å². The van der Waals surface area contributed by atoms with Crippen molar-refractivity contribution in [3.63, 3.8) is 0 Å². The molecule has 0 saturated carbocycles. The Kier molecular flexibility index (Phi) is 4.45. The molecular formula is C11H15N3O. The summed E-state index contributed by atoms with van der Waals surface area (Å²) in [4.78, 5) is 4.66. The zero-order valence-corrected chi connectivity index (χ0v) is 9.00. The zero-order chi connectivity index (χ0) is 11.1. The van der Waals surface area contributed by atoms with Crippen LogP contribution in [-0.2, 0) is 4.84 Å². The van der Waals surface area contributed by atoms with Gasteiger partial charge in [0.2, 0.25) is 0 Å². The quantitative estimate of drug-likeness (QED) is 0.680. The number of hydroxylamine groups is 1. The van der Waals surface area contributed by atoms with Crippen molar-refractivity contribution in [2.24, 2.45) is 0 Å². The lowest BCUT2D eigenvalue weighted by atomic mass is 10.0. The van der Waals surface area contributed by atoms with E-state index in [9.17, 15) is 0 Å². The molecule has 0 aliphatic carbocycles. The number of nitrogens with zero attached hydrogens (tertiary/aromatic N) is 1. The van der Waals surface area contributed by atoms with Crippen LogP contribution in [0.15, 0.2) is 35.2 Å². The average molecular weight is 205 g/mol. The normalized spacial score (nSPS) is 18.3. The minimum absolute atomic E-state index is 0.455. The van der Waals surface area contributed by atoms with E-state index in [2.05, 4.69) is 21.7 Å². The SMILES string of the molecule is CON/C=C\C=C1/CNC(C)=C1CC#N. The van der Waals surface area contributed by atoms with Gasteiger partial charge in [-0.3, -0.25) is 10.3 Å². The van der Waals surface area contributed by atoms with Gasteiger partial charge in [0.25, 0.3) is 0 Å². The fourth-order valence-corrected chi connectivity index (χ4v) is 1.44. The van der Waals surface area contributed by atoms with Crippen LogP contribution in [0, 0.1) is 11.3 Å². The highest BCUT2D eigenvalue weighted by molar-refractivity contribution is 5.43. The summed E-state index contributed by atoms with van der Waals surface area (Å²) >= 11 is 0. The van der Waals surface area contributed by atoms with Gasteiger partial charge in [-0.15, -0.1) is 0 Å². The van der Waals surface area contributed by atoms with E-state index in [1.54, 1.807) is 13.3 Å². The largest absolute Gasteiger partial charge is 0.384 e. The Morgan fingerprint density at radius 1 is 1.67 bits per heavy atom. The van der Waals surface area contributed by atoms with E-state index in [1.807, 2.05) is 19.1 Å². The molecule has 0 amide bonds. The van der Waals surface area contributed by atoms with Gasteiger partial charge in [0, 0.05) is 18.4 Å². The fraction of sp³-hybridized carbons (Fsp3) is 0.364. The van der Waals surface area contributed by atoms with Gasteiger partial charge >= 0.3 is 0 Å². The van der Waals surface area contributed by atoms with Gasteiger partial charge in [-0.2, -0.15) is 5.26 Å². The molecule has 4 heteroatoms. The molecular weight excluding hydrogens is 190 g/mol. The Morgan fingerprint density at radius 3 is 3.13 bits per heavy atom. The van der Waals surface area contributed by atoms with E-state index in [-0.39, 0.29) is 0 Å². The van der Waals surface area contributed by atoms with E-state index < -0.39 is 0 Å². The topological polar surface area (TPSA) is 57.1 Å². The molecule has 0 aromatic rings. The Morgan fingerprint density at radius 2 is 2.47 bits per heavy atom. The van der Waals surface area contributed by atoms with Crippen LogP contribution in [0.2, 0.25) is 0 Å². The van der Waals surface area contributed by atoms with Crippen LogP contribution >= 0.6 is 0 Å². The zero-order valence-electron chi connectivity index (χ0n) is 9.00. The minimum atomic E-state index is 0.455. The summed E-state index contributed by atoms with van der Waals surface area (Å²) in [6.45, 7) is 2.78. The van der Waals surface area contributed by atoms with E-state index in [0.717, 1.165) is 23.4 Å². The van der Waals surface area contributed by atoms with Crippen molar-refractivity contribution in [2.75, 3.05) is 13.7 Å². The van der Waals surface area contributed by atoms with Crippen LogP contribution in [0.4, 0.5) is 0 Å². The first-order chi connectivity index (χ1) is 7.29. The van der Waals surface area contributed by atoms with Crippen molar-refractivity contribution < 1.29 is 4.84 Å². The van der Waals surface area contributed by atoms with E-state index >= 15 is 0 Å². The second-order valence-electron chi connectivity index (χ2n) is 3.16. The summed E-state index contributed by atoms with van der Waals surface area (Å²) in [6, 6.07) is 2.17. The summed E-state index contributed by atoms with van der Waals surface area (Å²) in [6.07, 6.45) is 5.99. The van der Waals surface area contributed by atoms with Crippen LogP contribution < -0.4 is 10.8 Å². The average Bonchev–Trinajstić information content (AvgIpc) is 2.57. The van der Waals surface area contributed by atoms with E-state index in [4.69, 9.17) is 5.26 Å². The predicted molar refractivity (Wildman–Crippen MR) is 58.3 cm³/mol. The first-order valence-electron chi connectivity index (χ1n) is 4.74. The molecule has 0 radical (unpaired) electrons. The lowest BCUT2D eigenvalue weighted by molar-refractivity contribution is 0.128. The highest BCUT2D eigenvalue weighted by atomic mass is 16.6. The first kappa shape index (κ1) is 11.3. The Labute approximate surface area is 89.9 Å². The third-order valence-electron chi connectivity index (χ3n) is 2.22. The van der Waals surface area contributed by atoms with E-state index in [0.29, 0.717) is 6.42 Å². The fourth-order valence-electron chi connectivity index (χ4n) is 1.44. The van der Waals surface area contributed by atoms with Crippen molar-refractivity contribution in [1.29, 1.82) is 5.26 Å². The Bertz CT molecular complexity index is 347. The molecule has 1 aliphatic rings. The van der Waals surface area contributed by atoms with Gasteiger partial charge in [0.15, 0.2) is 0 Å². The number of hydrogen-bond donors (Lipinski definition) is 2. The van der Waals surface area contributed by atoms with Crippen LogP contribution in [0.1, 0.15) is 13.3 Å². The molecule has 1 aliphatic heterocycles. The number of nitrogens with one attached hydrogen (secondary N) is 2. The van der Waals surface area contributed by atoms with Crippen molar-refractivity contribution in [2.45, 2.75) is 13.3 Å². The van der Waals surface area contributed by atoms with Crippen LogP contribution in [-0.4, -0.2) is 13.7 Å². The second-order valence-corrected chi connectivity index (χ2v) is 3.16. The Balaban J connectivity index is 2.67. The number of rotatable bonds is 4. The Hall–Kier alpha value is -1.73. The molecule has 15 heavy (non-hydrogen) atoms. The molecule has 0 saturated heterocycles. The maximum atomic E-state index is 8.68. The standard InChI is InChI=1S/C11H15N3O/c1-9-11(5-6-12)10(8-13-9)4-3-7-14-15-2/h3-4,7,13-14H,5,8H2,1-2H3/b7-3-,10-4+. The van der Waals surface area contributed by atoms with Crippen LogP contribution in [0.25, 0.3) is 0 Å². The van der Waals surface area contributed by atoms with Crippen molar-refractivity contribution in [3.05, 3.63) is 35.2 Å². The maximum Gasteiger partial charge on any atom is 0.0670 e. The number of nitriles is 1. The van der Waals surface area contributed by atoms with Crippen molar-refractivity contribution >= 4 is 0 Å². The summed E-state index contributed by atoms with van der Waals surface area (Å²) < 4.78 is 0. The summed E-state index contributed by atoms with van der Waals surface area (Å²) in [5, 5.41) is 11.9. The van der Waals surface area contributed by atoms with Gasteiger partial charge in [0.05, 0.1) is 19.6 Å². The highest BCUT2D eigenvalue weighted by Crippen LogP contribution is 2.22. The molecule has 0 bridgehead atoms. The molecule has 0 fully saturated rings. The molecule has 1 rings (SSSR count). The van der Waals surface area contributed by atoms with Crippen LogP contribution in [0.3, 0.4) is 0 Å². The summed E-state index contributed by atoms with van der Waals surface area (Å²) in [7, 11) is 1.56. The van der Waals surface area contributed by atoms with Gasteiger partial charge in [-0.1, -0.05) is 6.08 Å². The van der Waals surface area contributed by atoms with Crippen molar-refractivity contribution in [1.82, 2.24) is 10.8 Å². The van der Waals surface area contributed by atoms with Gasteiger partial charge in [-0.05, 0) is 24.1 Å². The maximum absolute atomic E-state index is 8.68. The molecule has 0 unspecified atom stereocenters. The molecule has 4 nitrogen and oxygen atoms in total. The number of allylic oxidation sites excluding steroid dienone is 3. The third-order valence-corrected chi connectivity index (χ3v) is 2.22. The lowest BCUT2D eigenvalue weighted by Gasteiger charge is -1.98.